The number of nitrogens with zero attached hydrogens (tertiary/aromatic N) is 3. The molecule has 1 saturated heterocycles. The largest absolute Gasteiger partial charge is 0.478 e. The SMILES string of the molecule is Cc1cc(C(=O)O)cc(C(=O)O)c1.Cl.Cl.O=C1C(=O)N(CCN2CCN(Cc3ccccc3)CC2)c2ccccc21. The van der Waals surface area contributed by atoms with E-state index in [1.165, 1.54) is 17.7 Å². The summed E-state index contributed by atoms with van der Waals surface area (Å²) in [6.07, 6.45) is 0. The van der Waals surface area contributed by atoms with Gasteiger partial charge in [-0.05, 0) is 48.4 Å². The highest BCUT2D eigenvalue weighted by Crippen LogP contribution is 2.28. The summed E-state index contributed by atoms with van der Waals surface area (Å²) in [5, 5.41) is 17.2. The van der Waals surface area contributed by atoms with Crippen molar-refractivity contribution in [1.29, 1.82) is 0 Å². The molecule has 41 heavy (non-hydrogen) atoms. The molecular weight excluding hydrogens is 569 g/mol. The fraction of sp³-hybridized carbons (Fsp3) is 0.267. The number of aryl methyl sites for hydroxylation is 1. The number of amides is 1. The van der Waals surface area contributed by atoms with Crippen LogP contribution in [-0.4, -0.2) is 82.9 Å². The number of Topliss-reactive ketones (excluding diaryl/α,β-unsaturated/α-hetero) is 1. The van der Waals surface area contributed by atoms with Gasteiger partial charge >= 0.3 is 11.9 Å². The fourth-order valence-corrected chi connectivity index (χ4v) is 4.75. The van der Waals surface area contributed by atoms with Crippen LogP contribution in [-0.2, 0) is 11.3 Å². The molecule has 0 atom stereocenters. The molecule has 0 spiro atoms. The Hall–Kier alpha value is -3.76. The molecule has 1 amide bonds. The Morgan fingerprint density at radius 1 is 0.732 bits per heavy atom. The van der Waals surface area contributed by atoms with Crippen LogP contribution >= 0.6 is 24.8 Å². The number of carbonyl (C=O) groups is 4. The lowest BCUT2D eigenvalue weighted by molar-refractivity contribution is -0.114. The molecule has 0 saturated carbocycles. The highest BCUT2D eigenvalue weighted by Gasteiger charge is 2.35. The summed E-state index contributed by atoms with van der Waals surface area (Å²) in [7, 11) is 0. The number of rotatable bonds is 7. The second-order valence-corrected chi connectivity index (χ2v) is 9.60. The van der Waals surface area contributed by atoms with Crippen molar-refractivity contribution in [2.24, 2.45) is 0 Å². The van der Waals surface area contributed by atoms with Crippen molar-refractivity contribution in [2.75, 3.05) is 44.2 Å². The first kappa shape index (κ1) is 33.4. The van der Waals surface area contributed by atoms with Crippen molar-refractivity contribution in [2.45, 2.75) is 13.5 Å². The number of halogens is 2. The molecule has 0 bridgehead atoms. The Balaban J connectivity index is 0.000000336. The maximum atomic E-state index is 12.2. The van der Waals surface area contributed by atoms with Crippen molar-refractivity contribution in [3.63, 3.8) is 0 Å². The number of carbonyl (C=O) groups excluding carboxylic acids is 2. The molecule has 2 aliphatic rings. The summed E-state index contributed by atoms with van der Waals surface area (Å²) < 4.78 is 0. The van der Waals surface area contributed by atoms with E-state index in [2.05, 4.69) is 34.1 Å². The van der Waals surface area contributed by atoms with Gasteiger partial charge in [0.15, 0.2) is 0 Å². The van der Waals surface area contributed by atoms with Gasteiger partial charge in [-0.1, -0.05) is 42.5 Å². The Labute approximate surface area is 251 Å². The van der Waals surface area contributed by atoms with E-state index in [0.717, 1.165) is 51.0 Å². The molecule has 218 valence electrons. The van der Waals surface area contributed by atoms with Gasteiger partial charge in [-0.3, -0.25) is 19.4 Å². The van der Waals surface area contributed by atoms with Crippen LogP contribution in [0.25, 0.3) is 0 Å². The van der Waals surface area contributed by atoms with Crippen molar-refractivity contribution >= 4 is 54.1 Å². The minimum absolute atomic E-state index is 0. The third-order valence-corrected chi connectivity index (χ3v) is 6.80. The summed E-state index contributed by atoms with van der Waals surface area (Å²) in [6.45, 7) is 8.04. The molecule has 11 heteroatoms. The van der Waals surface area contributed by atoms with Crippen LogP contribution in [0.4, 0.5) is 5.69 Å². The molecular formula is C30H33Cl2N3O6. The van der Waals surface area contributed by atoms with E-state index in [1.807, 2.05) is 18.2 Å². The van der Waals surface area contributed by atoms with E-state index >= 15 is 0 Å². The second-order valence-electron chi connectivity index (χ2n) is 9.60. The number of anilines is 1. The molecule has 2 heterocycles. The number of para-hydroxylation sites is 1. The van der Waals surface area contributed by atoms with Crippen molar-refractivity contribution < 1.29 is 29.4 Å². The third kappa shape index (κ3) is 8.61. The van der Waals surface area contributed by atoms with Crippen LogP contribution in [0.3, 0.4) is 0 Å². The van der Waals surface area contributed by atoms with Gasteiger partial charge in [0.25, 0.3) is 11.7 Å². The summed E-state index contributed by atoms with van der Waals surface area (Å²) in [5.41, 5.74) is 3.25. The maximum Gasteiger partial charge on any atom is 0.335 e. The van der Waals surface area contributed by atoms with E-state index < -0.39 is 17.8 Å². The van der Waals surface area contributed by atoms with Gasteiger partial charge in [-0.15, -0.1) is 24.8 Å². The number of fused-ring (bicyclic) bond motifs is 1. The molecule has 0 radical (unpaired) electrons. The van der Waals surface area contributed by atoms with Gasteiger partial charge in [0.2, 0.25) is 0 Å². The molecule has 0 aliphatic carbocycles. The first-order valence-electron chi connectivity index (χ1n) is 12.7. The number of benzene rings is 3. The van der Waals surface area contributed by atoms with Gasteiger partial charge in [0.05, 0.1) is 22.4 Å². The lowest BCUT2D eigenvalue weighted by Gasteiger charge is -2.35. The van der Waals surface area contributed by atoms with Gasteiger partial charge in [-0.2, -0.15) is 0 Å². The molecule has 0 aromatic heterocycles. The first-order chi connectivity index (χ1) is 18.7. The maximum absolute atomic E-state index is 12.2. The van der Waals surface area contributed by atoms with Gasteiger partial charge in [0.1, 0.15) is 0 Å². The predicted molar refractivity (Wildman–Crippen MR) is 161 cm³/mol. The smallest absolute Gasteiger partial charge is 0.335 e. The van der Waals surface area contributed by atoms with E-state index in [1.54, 1.807) is 24.0 Å². The summed E-state index contributed by atoms with van der Waals surface area (Å²) in [5.74, 6) is -3.01. The van der Waals surface area contributed by atoms with Crippen molar-refractivity contribution in [1.82, 2.24) is 9.80 Å². The number of piperazine rings is 1. The number of aromatic carboxylic acids is 2. The molecule has 2 aliphatic heterocycles. The molecule has 2 N–H and O–H groups in total. The highest BCUT2D eigenvalue weighted by atomic mass is 35.5. The van der Waals surface area contributed by atoms with Gasteiger partial charge < -0.3 is 15.1 Å². The van der Waals surface area contributed by atoms with Gasteiger partial charge in [-0.25, -0.2) is 9.59 Å². The third-order valence-electron chi connectivity index (χ3n) is 6.80. The van der Waals surface area contributed by atoms with E-state index in [9.17, 15) is 19.2 Å². The van der Waals surface area contributed by atoms with Crippen LogP contribution in [0.15, 0.2) is 72.8 Å². The average molecular weight is 603 g/mol. The number of hydrogen-bond donors (Lipinski definition) is 2. The summed E-state index contributed by atoms with van der Waals surface area (Å²) >= 11 is 0. The normalized spacial score (nSPS) is 14.7. The standard InChI is InChI=1S/C21H23N3O2.C9H8O4.2ClH/c25-20-18-8-4-5-9-19(18)24(21(20)26)15-14-22-10-12-23(13-11-22)16-17-6-2-1-3-7-17;1-5-2-6(8(10)11)4-7(3-5)9(12)13;;/h1-9H,10-16H2;2-4H,1H3,(H,10,11)(H,12,13);2*1H. The van der Waals surface area contributed by atoms with Crippen molar-refractivity contribution in [3.05, 3.63) is 101 Å². The molecule has 9 nitrogen and oxygen atoms in total. The molecule has 0 unspecified atom stereocenters. The minimum atomic E-state index is -1.12. The minimum Gasteiger partial charge on any atom is -0.478 e. The molecule has 1 fully saturated rings. The topological polar surface area (TPSA) is 118 Å². The zero-order valence-corrected chi connectivity index (χ0v) is 24.2. The Morgan fingerprint density at radius 3 is 1.85 bits per heavy atom. The monoisotopic (exact) mass is 601 g/mol. The quantitative estimate of drug-likeness (QED) is 0.385. The highest BCUT2D eigenvalue weighted by molar-refractivity contribution is 6.52. The van der Waals surface area contributed by atoms with Gasteiger partial charge in [0, 0.05) is 45.8 Å². The van der Waals surface area contributed by atoms with Crippen LogP contribution in [0.2, 0.25) is 0 Å². The Morgan fingerprint density at radius 2 is 1.27 bits per heavy atom. The summed E-state index contributed by atoms with van der Waals surface area (Å²) in [6, 6.07) is 21.8. The van der Waals surface area contributed by atoms with Crippen LogP contribution in [0.1, 0.15) is 42.2 Å². The summed E-state index contributed by atoms with van der Waals surface area (Å²) in [4.78, 5) is 51.8. The second kappa shape index (κ2) is 15.3. The van der Waals surface area contributed by atoms with Crippen LogP contribution < -0.4 is 4.90 Å². The number of ketones is 1. The lowest BCUT2D eigenvalue weighted by atomic mass is 10.1. The van der Waals surface area contributed by atoms with E-state index in [-0.39, 0.29) is 41.7 Å². The molecule has 3 aromatic carbocycles. The van der Waals surface area contributed by atoms with Crippen LogP contribution in [0, 0.1) is 6.92 Å². The zero-order valence-electron chi connectivity index (χ0n) is 22.6. The fourth-order valence-electron chi connectivity index (χ4n) is 4.75. The zero-order chi connectivity index (χ0) is 27.9. The van der Waals surface area contributed by atoms with Crippen LogP contribution in [0.5, 0.6) is 0 Å². The Kier molecular flexibility index (Phi) is 12.5. The van der Waals surface area contributed by atoms with Crippen molar-refractivity contribution in [3.8, 4) is 0 Å². The van der Waals surface area contributed by atoms with E-state index in [4.69, 9.17) is 10.2 Å². The molecule has 3 aromatic rings. The predicted octanol–water partition coefficient (Wildman–Crippen LogP) is 4.27. The molecule has 5 rings (SSSR count). The number of carboxylic acids is 2. The number of hydrogen-bond acceptors (Lipinski definition) is 6. The number of carboxylic acid groups (broad SMARTS) is 2. The lowest BCUT2D eigenvalue weighted by Crippen LogP contribution is -2.48. The Bertz CT molecular complexity index is 1350. The first-order valence-corrected chi connectivity index (χ1v) is 12.7. The van der Waals surface area contributed by atoms with E-state index in [0.29, 0.717) is 17.7 Å². The average Bonchev–Trinajstić information content (AvgIpc) is 3.18.